The molecule has 1 heterocycles. The first-order chi connectivity index (χ1) is 8.63. The Balaban J connectivity index is 2.36. The molecule has 1 aromatic heterocycles. The number of carbonyl (C=O) groups is 1. The molecular weight excluding hydrogens is 250 g/mol. The van der Waals surface area contributed by atoms with Gasteiger partial charge in [0.25, 0.3) is 5.91 Å². The maximum Gasteiger partial charge on any atom is 0.254 e. The molecule has 0 bridgehead atoms. The van der Waals surface area contributed by atoms with Crippen LogP contribution in [0.3, 0.4) is 0 Å². The lowest BCUT2D eigenvalue weighted by Gasteiger charge is -2.05. The Labute approximate surface area is 111 Å². The molecule has 2 aromatic rings. The van der Waals surface area contributed by atoms with Crippen LogP contribution in [0.2, 0.25) is 5.02 Å². The van der Waals surface area contributed by atoms with E-state index in [0.717, 1.165) is 11.4 Å². The number of carbonyl (C=O) groups excluding carboxylic acids is 1. The fraction of sp³-hybridized carbons (Fsp3) is 0.231. The van der Waals surface area contributed by atoms with Gasteiger partial charge in [0.2, 0.25) is 0 Å². The first kappa shape index (κ1) is 12.6. The average molecular weight is 264 g/mol. The molecule has 1 N–H and O–H groups in total. The number of nitrogens with one attached hydrogen (secondary N) is 1. The lowest BCUT2D eigenvalue weighted by molar-refractivity contribution is 0.0955. The van der Waals surface area contributed by atoms with Gasteiger partial charge in [-0.05, 0) is 38.1 Å². The number of nitrogens with zero attached hydrogens (tertiary/aromatic N) is 2. The second kappa shape index (κ2) is 5.23. The van der Waals surface area contributed by atoms with Gasteiger partial charge in [-0.25, -0.2) is 4.68 Å². The fourth-order valence-corrected chi connectivity index (χ4v) is 1.86. The molecule has 0 saturated heterocycles. The van der Waals surface area contributed by atoms with Gasteiger partial charge in [0.1, 0.15) is 0 Å². The Morgan fingerprint density at radius 1 is 1.39 bits per heavy atom. The SMILES string of the molecule is CCNC(=O)c1cnn(-c2ccc(Cl)cc2)c1C. The minimum Gasteiger partial charge on any atom is -0.352 e. The van der Waals surface area contributed by atoms with Crippen LogP contribution in [0.15, 0.2) is 30.5 Å². The maximum absolute atomic E-state index is 11.8. The van der Waals surface area contributed by atoms with Crippen LogP contribution in [0.5, 0.6) is 0 Å². The summed E-state index contributed by atoms with van der Waals surface area (Å²) >= 11 is 5.84. The number of aromatic nitrogens is 2. The third-order valence-corrected chi connectivity index (χ3v) is 2.91. The monoisotopic (exact) mass is 263 g/mol. The topological polar surface area (TPSA) is 46.9 Å². The van der Waals surface area contributed by atoms with Crippen LogP contribution >= 0.6 is 11.6 Å². The Morgan fingerprint density at radius 3 is 2.67 bits per heavy atom. The molecule has 18 heavy (non-hydrogen) atoms. The highest BCUT2D eigenvalue weighted by Crippen LogP contribution is 2.16. The predicted octanol–water partition coefficient (Wildman–Crippen LogP) is 2.58. The zero-order chi connectivity index (χ0) is 13.1. The molecule has 0 aliphatic rings. The van der Waals surface area contributed by atoms with Gasteiger partial charge in [0, 0.05) is 11.6 Å². The summed E-state index contributed by atoms with van der Waals surface area (Å²) in [6.07, 6.45) is 1.58. The van der Waals surface area contributed by atoms with Crippen molar-refractivity contribution in [2.45, 2.75) is 13.8 Å². The van der Waals surface area contributed by atoms with Gasteiger partial charge < -0.3 is 5.32 Å². The second-order valence-electron chi connectivity index (χ2n) is 3.89. The number of benzene rings is 1. The normalized spacial score (nSPS) is 10.4. The molecule has 0 atom stereocenters. The van der Waals surface area contributed by atoms with Gasteiger partial charge in [0.15, 0.2) is 0 Å². The second-order valence-corrected chi connectivity index (χ2v) is 4.33. The van der Waals surface area contributed by atoms with Crippen LogP contribution in [-0.4, -0.2) is 22.2 Å². The number of amides is 1. The lowest BCUT2D eigenvalue weighted by Crippen LogP contribution is -2.23. The highest BCUT2D eigenvalue weighted by molar-refractivity contribution is 6.30. The number of rotatable bonds is 3. The maximum atomic E-state index is 11.8. The van der Waals surface area contributed by atoms with E-state index in [2.05, 4.69) is 10.4 Å². The zero-order valence-electron chi connectivity index (χ0n) is 10.3. The van der Waals surface area contributed by atoms with E-state index in [4.69, 9.17) is 11.6 Å². The van der Waals surface area contributed by atoms with Crippen molar-refractivity contribution in [3.63, 3.8) is 0 Å². The molecule has 4 nitrogen and oxygen atoms in total. The van der Waals surface area contributed by atoms with Crippen molar-refractivity contribution in [3.8, 4) is 5.69 Å². The van der Waals surface area contributed by atoms with Crippen LogP contribution < -0.4 is 5.32 Å². The third-order valence-electron chi connectivity index (χ3n) is 2.66. The summed E-state index contributed by atoms with van der Waals surface area (Å²) in [5.74, 6) is -0.102. The summed E-state index contributed by atoms with van der Waals surface area (Å²) < 4.78 is 1.72. The summed E-state index contributed by atoms with van der Waals surface area (Å²) in [7, 11) is 0. The summed E-state index contributed by atoms with van der Waals surface area (Å²) in [5, 5.41) is 7.67. The van der Waals surface area contributed by atoms with Crippen molar-refractivity contribution in [1.82, 2.24) is 15.1 Å². The molecule has 0 unspecified atom stereocenters. The van der Waals surface area contributed by atoms with Crippen LogP contribution in [0.25, 0.3) is 5.69 Å². The molecule has 0 radical (unpaired) electrons. The van der Waals surface area contributed by atoms with Gasteiger partial charge in [-0.2, -0.15) is 5.10 Å². The van der Waals surface area contributed by atoms with Crippen molar-refractivity contribution in [2.24, 2.45) is 0 Å². The molecule has 0 aliphatic heterocycles. The van der Waals surface area contributed by atoms with E-state index in [-0.39, 0.29) is 5.91 Å². The van der Waals surface area contributed by atoms with Gasteiger partial charge in [0.05, 0.1) is 23.1 Å². The van der Waals surface area contributed by atoms with Gasteiger partial charge >= 0.3 is 0 Å². The van der Waals surface area contributed by atoms with Crippen LogP contribution in [-0.2, 0) is 0 Å². The molecule has 2 rings (SSSR count). The van der Waals surface area contributed by atoms with Crippen molar-refractivity contribution >= 4 is 17.5 Å². The molecule has 5 heteroatoms. The van der Waals surface area contributed by atoms with E-state index in [0.29, 0.717) is 17.1 Å². The van der Waals surface area contributed by atoms with Crippen LogP contribution in [0.1, 0.15) is 23.0 Å². The zero-order valence-corrected chi connectivity index (χ0v) is 11.0. The number of halogens is 1. The third kappa shape index (κ3) is 2.38. The van der Waals surface area contributed by atoms with Gasteiger partial charge in [-0.15, -0.1) is 0 Å². The lowest BCUT2D eigenvalue weighted by atomic mass is 10.2. The van der Waals surface area contributed by atoms with Crippen molar-refractivity contribution < 1.29 is 4.79 Å². The van der Waals surface area contributed by atoms with Crippen molar-refractivity contribution in [2.75, 3.05) is 6.54 Å². The highest BCUT2D eigenvalue weighted by Gasteiger charge is 2.14. The molecule has 1 aromatic carbocycles. The molecule has 94 valence electrons. The van der Waals surface area contributed by atoms with Gasteiger partial charge in [-0.3, -0.25) is 4.79 Å². The van der Waals surface area contributed by atoms with E-state index in [9.17, 15) is 4.79 Å². The Hall–Kier alpha value is -1.81. The minimum atomic E-state index is -0.102. The van der Waals surface area contributed by atoms with E-state index in [1.54, 1.807) is 23.0 Å². The highest BCUT2D eigenvalue weighted by atomic mass is 35.5. The molecule has 0 aliphatic carbocycles. The summed E-state index contributed by atoms with van der Waals surface area (Å²) in [6, 6.07) is 7.32. The smallest absolute Gasteiger partial charge is 0.254 e. The molecule has 1 amide bonds. The van der Waals surface area contributed by atoms with E-state index in [1.165, 1.54) is 0 Å². The Morgan fingerprint density at radius 2 is 2.06 bits per heavy atom. The summed E-state index contributed by atoms with van der Waals surface area (Å²) in [4.78, 5) is 11.8. The van der Waals surface area contributed by atoms with Crippen molar-refractivity contribution in [3.05, 3.63) is 46.7 Å². The van der Waals surface area contributed by atoms with E-state index in [1.807, 2.05) is 26.0 Å². The first-order valence-electron chi connectivity index (χ1n) is 5.72. The minimum absolute atomic E-state index is 0.102. The Kier molecular flexibility index (Phi) is 3.67. The largest absolute Gasteiger partial charge is 0.352 e. The van der Waals surface area contributed by atoms with E-state index >= 15 is 0 Å². The average Bonchev–Trinajstić information content (AvgIpc) is 2.73. The van der Waals surface area contributed by atoms with Crippen LogP contribution in [0, 0.1) is 6.92 Å². The molecule has 0 saturated carbocycles. The number of hydrogen-bond acceptors (Lipinski definition) is 2. The number of hydrogen-bond donors (Lipinski definition) is 1. The molecule has 0 spiro atoms. The molecular formula is C13H14ClN3O. The standard InChI is InChI=1S/C13H14ClN3O/c1-3-15-13(18)12-8-16-17(9(12)2)11-6-4-10(14)5-7-11/h4-8H,3H2,1-2H3,(H,15,18). The van der Waals surface area contributed by atoms with E-state index < -0.39 is 0 Å². The van der Waals surface area contributed by atoms with Crippen LogP contribution in [0.4, 0.5) is 0 Å². The van der Waals surface area contributed by atoms with Crippen molar-refractivity contribution in [1.29, 1.82) is 0 Å². The fourth-order valence-electron chi connectivity index (χ4n) is 1.73. The molecule has 0 fully saturated rings. The Bertz CT molecular complexity index is 560. The summed E-state index contributed by atoms with van der Waals surface area (Å²) in [5.41, 5.74) is 2.28. The quantitative estimate of drug-likeness (QED) is 0.925. The van der Waals surface area contributed by atoms with Gasteiger partial charge in [-0.1, -0.05) is 11.6 Å². The predicted molar refractivity (Wildman–Crippen MR) is 71.3 cm³/mol. The first-order valence-corrected chi connectivity index (χ1v) is 6.10. The summed E-state index contributed by atoms with van der Waals surface area (Å²) in [6.45, 7) is 4.35.